The zero-order valence-electron chi connectivity index (χ0n) is 14.8. The number of nitrogens with one attached hydrogen (secondary N) is 1. The van der Waals surface area contributed by atoms with Gasteiger partial charge in [0.05, 0.1) is 22.5 Å². The van der Waals surface area contributed by atoms with E-state index in [1.54, 1.807) is 25.1 Å². The van der Waals surface area contributed by atoms with E-state index in [1.165, 1.54) is 23.9 Å². The van der Waals surface area contributed by atoms with Gasteiger partial charge in [-0.2, -0.15) is 5.26 Å². The summed E-state index contributed by atoms with van der Waals surface area (Å²) in [5, 5.41) is 12.5. The van der Waals surface area contributed by atoms with Gasteiger partial charge in [-0.3, -0.25) is 4.79 Å². The molecule has 0 unspecified atom stereocenters. The highest BCUT2D eigenvalue weighted by Crippen LogP contribution is 2.31. The Bertz CT molecular complexity index is 1140. The number of carbonyl (C=O) groups is 1. The second kappa shape index (κ2) is 8.83. The van der Waals surface area contributed by atoms with Crippen LogP contribution in [0.1, 0.15) is 5.56 Å². The highest BCUT2D eigenvalue weighted by Gasteiger charge is 2.12. The van der Waals surface area contributed by atoms with Gasteiger partial charge in [-0.25, -0.2) is 4.79 Å². The van der Waals surface area contributed by atoms with Crippen molar-refractivity contribution in [3.63, 3.8) is 0 Å². The molecule has 3 rings (SSSR count). The maximum absolute atomic E-state index is 12.3. The Labute approximate surface area is 170 Å². The number of fused-ring (bicyclic) bond motifs is 1. The number of nitrogens with zero attached hydrogens (tertiary/aromatic N) is 1. The first-order valence-corrected chi connectivity index (χ1v) is 9.59. The van der Waals surface area contributed by atoms with Crippen molar-refractivity contribution in [2.45, 2.75) is 11.8 Å². The number of anilines is 1. The molecule has 0 saturated heterocycles. The normalized spacial score (nSPS) is 10.5. The summed E-state index contributed by atoms with van der Waals surface area (Å²) < 4.78 is 10.7. The lowest BCUT2D eigenvalue weighted by Crippen LogP contribution is -2.20. The van der Waals surface area contributed by atoms with Crippen LogP contribution < -0.4 is 15.7 Å². The van der Waals surface area contributed by atoms with Crippen molar-refractivity contribution in [2.75, 3.05) is 17.7 Å². The second-order valence-electron chi connectivity index (χ2n) is 5.81. The number of ether oxygens (including phenoxy) is 1. The van der Waals surface area contributed by atoms with Gasteiger partial charge in [0.2, 0.25) is 0 Å². The van der Waals surface area contributed by atoms with Crippen LogP contribution in [0.2, 0.25) is 5.02 Å². The van der Waals surface area contributed by atoms with Crippen LogP contribution in [0, 0.1) is 18.3 Å². The molecule has 28 heavy (non-hydrogen) atoms. The lowest BCUT2D eigenvalue weighted by atomic mass is 10.1. The molecule has 0 radical (unpaired) electrons. The van der Waals surface area contributed by atoms with E-state index in [1.807, 2.05) is 12.1 Å². The molecule has 8 heteroatoms. The SMILES string of the molecule is Cc1cc(=O)oc2cc(OCC(=O)Nc3ccccc3SCC#N)c(Cl)cc12. The number of halogens is 1. The molecular weight excluding hydrogens is 400 g/mol. The Hall–Kier alpha value is -2.95. The van der Waals surface area contributed by atoms with Crippen molar-refractivity contribution in [1.29, 1.82) is 5.26 Å². The lowest BCUT2D eigenvalue weighted by molar-refractivity contribution is -0.118. The van der Waals surface area contributed by atoms with E-state index in [0.717, 1.165) is 10.5 Å². The van der Waals surface area contributed by atoms with Gasteiger partial charge in [-0.05, 0) is 30.7 Å². The molecular formula is C20H15ClN2O4S. The molecule has 0 saturated carbocycles. The Morgan fingerprint density at radius 2 is 2.11 bits per heavy atom. The number of hydrogen-bond donors (Lipinski definition) is 1. The summed E-state index contributed by atoms with van der Waals surface area (Å²) in [4.78, 5) is 24.6. The number of carbonyl (C=O) groups excluding carboxylic acids is 1. The van der Waals surface area contributed by atoms with E-state index in [0.29, 0.717) is 21.7 Å². The minimum atomic E-state index is -0.470. The number of nitriles is 1. The zero-order chi connectivity index (χ0) is 20.1. The maximum atomic E-state index is 12.3. The van der Waals surface area contributed by atoms with Crippen LogP contribution >= 0.6 is 23.4 Å². The smallest absolute Gasteiger partial charge is 0.336 e. The van der Waals surface area contributed by atoms with Crippen LogP contribution in [0.4, 0.5) is 5.69 Å². The molecule has 1 aromatic heterocycles. The monoisotopic (exact) mass is 414 g/mol. The third-order valence-electron chi connectivity index (χ3n) is 3.82. The van der Waals surface area contributed by atoms with Crippen molar-refractivity contribution in [2.24, 2.45) is 0 Å². The summed E-state index contributed by atoms with van der Waals surface area (Å²) in [5.41, 5.74) is 1.21. The summed E-state index contributed by atoms with van der Waals surface area (Å²) in [5.74, 6) is 0.137. The largest absolute Gasteiger partial charge is 0.482 e. The van der Waals surface area contributed by atoms with Gasteiger partial charge in [-0.1, -0.05) is 23.7 Å². The topological polar surface area (TPSA) is 92.3 Å². The number of benzene rings is 2. The van der Waals surface area contributed by atoms with Gasteiger partial charge in [0.1, 0.15) is 11.3 Å². The number of rotatable bonds is 6. The van der Waals surface area contributed by atoms with Crippen LogP contribution in [0.3, 0.4) is 0 Å². The number of thioether (sulfide) groups is 1. The maximum Gasteiger partial charge on any atom is 0.336 e. The number of para-hydroxylation sites is 1. The van der Waals surface area contributed by atoms with Crippen LogP contribution in [-0.4, -0.2) is 18.3 Å². The van der Waals surface area contributed by atoms with Crippen molar-refractivity contribution in [3.8, 4) is 11.8 Å². The number of amides is 1. The minimum absolute atomic E-state index is 0.241. The molecule has 0 fully saturated rings. The summed E-state index contributed by atoms with van der Waals surface area (Å²) >= 11 is 7.56. The summed E-state index contributed by atoms with van der Waals surface area (Å²) in [6.45, 7) is 1.50. The molecule has 1 N–H and O–H groups in total. The van der Waals surface area contributed by atoms with Crippen LogP contribution in [0.25, 0.3) is 11.0 Å². The van der Waals surface area contributed by atoms with Gasteiger partial charge in [0.25, 0.3) is 5.91 Å². The van der Waals surface area contributed by atoms with E-state index in [4.69, 9.17) is 26.0 Å². The summed E-state index contributed by atoms with van der Waals surface area (Å²) in [6, 6.07) is 13.8. The standard InChI is InChI=1S/C20H15ClN2O4S/c1-12-8-20(25)27-16-10-17(14(21)9-13(12)16)26-11-19(24)23-15-4-2-3-5-18(15)28-7-6-22/h2-5,8-10H,7,11H2,1H3,(H,23,24). The molecule has 0 spiro atoms. The average molecular weight is 415 g/mol. The predicted octanol–water partition coefficient (Wildman–Crippen LogP) is 4.39. The third kappa shape index (κ3) is 4.66. The Morgan fingerprint density at radius 1 is 1.32 bits per heavy atom. The fraction of sp³-hybridized carbons (Fsp3) is 0.150. The quantitative estimate of drug-likeness (QED) is 0.475. The van der Waals surface area contributed by atoms with E-state index in [-0.39, 0.29) is 24.0 Å². The Kier molecular flexibility index (Phi) is 6.24. The number of hydrogen-bond acceptors (Lipinski definition) is 6. The highest BCUT2D eigenvalue weighted by molar-refractivity contribution is 7.99. The van der Waals surface area contributed by atoms with Crippen LogP contribution in [-0.2, 0) is 4.79 Å². The van der Waals surface area contributed by atoms with Gasteiger partial charge in [0.15, 0.2) is 6.61 Å². The highest BCUT2D eigenvalue weighted by atomic mass is 35.5. The molecule has 0 aliphatic carbocycles. The van der Waals surface area contributed by atoms with Gasteiger partial charge >= 0.3 is 5.63 Å². The molecule has 0 bridgehead atoms. The van der Waals surface area contributed by atoms with Gasteiger partial charge < -0.3 is 14.5 Å². The van der Waals surface area contributed by atoms with Crippen molar-refractivity contribution in [3.05, 3.63) is 63.5 Å². The molecule has 1 heterocycles. The second-order valence-corrected chi connectivity index (χ2v) is 7.23. The molecule has 0 aliphatic heterocycles. The lowest BCUT2D eigenvalue weighted by Gasteiger charge is -2.12. The zero-order valence-corrected chi connectivity index (χ0v) is 16.4. The van der Waals surface area contributed by atoms with Crippen LogP contribution in [0.15, 0.2) is 56.6 Å². The summed E-state index contributed by atoms with van der Waals surface area (Å²) in [6.07, 6.45) is 0. The molecule has 0 aliphatic rings. The fourth-order valence-electron chi connectivity index (χ4n) is 2.57. The molecule has 1 amide bonds. The number of aryl methyl sites for hydroxylation is 1. The molecule has 3 aromatic rings. The van der Waals surface area contributed by atoms with E-state index >= 15 is 0 Å². The van der Waals surface area contributed by atoms with Crippen molar-refractivity contribution < 1.29 is 13.9 Å². The van der Waals surface area contributed by atoms with Gasteiger partial charge in [0, 0.05) is 22.4 Å². The Morgan fingerprint density at radius 3 is 2.89 bits per heavy atom. The minimum Gasteiger partial charge on any atom is -0.482 e. The first-order chi connectivity index (χ1) is 13.5. The van der Waals surface area contributed by atoms with Crippen molar-refractivity contribution in [1.82, 2.24) is 0 Å². The van der Waals surface area contributed by atoms with E-state index in [9.17, 15) is 9.59 Å². The van der Waals surface area contributed by atoms with E-state index < -0.39 is 5.63 Å². The first kappa shape index (κ1) is 19.8. The van der Waals surface area contributed by atoms with Crippen LogP contribution in [0.5, 0.6) is 5.75 Å². The molecule has 2 aromatic carbocycles. The average Bonchev–Trinajstić information content (AvgIpc) is 2.66. The molecule has 142 valence electrons. The first-order valence-electron chi connectivity index (χ1n) is 8.23. The molecule has 6 nitrogen and oxygen atoms in total. The van der Waals surface area contributed by atoms with E-state index in [2.05, 4.69) is 11.4 Å². The fourth-order valence-corrected chi connectivity index (χ4v) is 3.45. The Balaban J connectivity index is 1.72. The van der Waals surface area contributed by atoms with Crippen molar-refractivity contribution >= 4 is 45.9 Å². The summed E-state index contributed by atoms with van der Waals surface area (Å²) in [7, 11) is 0. The van der Waals surface area contributed by atoms with Gasteiger partial charge in [-0.15, -0.1) is 11.8 Å². The predicted molar refractivity (Wildman–Crippen MR) is 109 cm³/mol. The molecule has 0 atom stereocenters. The third-order valence-corrected chi connectivity index (χ3v) is 5.05.